The average Bonchev–Trinajstić information content (AvgIpc) is 3.27. The van der Waals surface area contributed by atoms with Gasteiger partial charge < -0.3 is 10.6 Å². The van der Waals surface area contributed by atoms with E-state index >= 15 is 0 Å². The molecule has 1 aromatic carbocycles. The average molecular weight is 498 g/mol. The van der Waals surface area contributed by atoms with E-state index in [9.17, 15) is 8.42 Å². The molecule has 3 rings (SSSR count). The largest absolute Gasteiger partial charge is 0.354 e. The monoisotopic (exact) mass is 497 g/mol. The number of halogens is 2. The molecule has 2 unspecified atom stereocenters. The Labute approximate surface area is 172 Å². The predicted octanol–water partition coefficient (Wildman–Crippen LogP) is 3.15. The fourth-order valence-electron chi connectivity index (χ4n) is 2.83. The highest BCUT2D eigenvalue weighted by molar-refractivity contribution is 14.0. The van der Waals surface area contributed by atoms with Gasteiger partial charge in [-0.3, -0.25) is 4.99 Å². The third-order valence-corrected chi connectivity index (χ3v) is 6.56. The third-order valence-electron chi connectivity index (χ3n) is 4.48. The molecular formula is C17H25ClIN3O2S. The van der Waals surface area contributed by atoms with Gasteiger partial charge in [-0.2, -0.15) is 0 Å². The van der Waals surface area contributed by atoms with E-state index in [-0.39, 0.29) is 41.7 Å². The van der Waals surface area contributed by atoms with E-state index in [2.05, 4.69) is 22.5 Å². The number of rotatable bonds is 5. The molecule has 0 aromatic heterocycles. The molecule has 1 aliphatic carbocycles. The van der Waals surface area contributed by atoms with Crippen molar-refractivity contribution in [1.29, 1.82) is 0 Å². The molecule has 0 spiro atoms. The van der Waals surface area contributed by atoms with Crippen molar-refractivity contribution in [2.24, 2.45) is 10.9 Å². The normalized spacial score (nSPS) is 23.6. The van der Waals surface area contributed by atoms with E-state index in [1.807, 2.05) is 24.3 Å². The van der Waals surface area contributed by atoms with Crippen LogP contribution in [0, 0.1) is 5.92 Å². The molecular weight excluding hydrogens is 473 g/mol. The number of hydrogen-bond acceptors (Lipinski definition) is 3. The fraction of sp³-hybridized carbons (Fsp3) is 0.588. The van der Waals surface area contributed by atoms with Crippen LogP contribution in [-0.2, 0) is 9.84 Å². The maximum absolute atomic E-state index is 11.6. The zero-order chi connectivity index (χ0) is 17.2. The van der Waals surface area contributed by atoms with E-state index in [1.54, 1.807) is 0 Å². The molecule has 1 heterocycles. The van der Waals surface area contributed by atoms with Gasteiger partial charge >= 0.3 is 0 Å². The summed E-state index contributed by atoms with van der Waals surface area (Å²) in [6.45, 7) is 2.63. The SMILES string of the molecule is CC(NC(=NCC1CCS(=O)(=O)C1)NC1CC1)c1ccc(Cl)cc1.I. The van der Waals surface area contributed by atoms with Gasteiger partial charge in [0.1, 0.15) is 0 Å². The van der Waals surface area contributed by atoms with Gasteiger partial charge in [-0.05, 0) is 49.8 Å². The van der Waals surface area contributed by atoms with Crippen LogP contribution in [-0.4, -0.2) is 38.5 Å². The molecule has 140 valence electrons. The molecule has 25 heavy (non-hydrogen) atoms. The molecule has 0 amide bonds. The zero-order valence-electron chi connectivity index (χ0n) is 14.2. The van der Waals surface area contributed by atoms with E-state index in [4.69, 9.17) is 11.6 Å². The van der Waals surface area contributed by atoms with Crippen LogP contribution in [0.25, 0.3) is 0 Å². The van der Waals surface area contributed by atoms with Crippen molar-refractivity contribution < 1.29 is 8.42 Å². The lowest BCUT2D eigenvalue weighted by Crippen LogP contribution is -2.40. The first-order chi connectivity index (χ1) is 11.4. The summed E-state index contributed by atoms with van der Waals surface area (Å²) >= 11 is 5.94. The lowest BCUT2D eigenvalue weighted by atomic mass is 10.1. The second-order valence-electron chi connectivity index (χ2n) is 6.79. The first-order valence-electron chi connectivity index (χ1n) is 8.45. The van der Waals surface area contributed by atoms with Crippen LogP contribution in [0.2, 0.25) is 5.02 Å². The van der Waals surface area contributed by atoms with Crippen LogP contribution in [0.15, 0.2) is 29.3 Å². The standard InChI is InChI=1S/C17H24ClN3O2S.HI/c1-12(14-2-4-15(18)5-3-14)20-17(21-16-6-7-16)19-10-13-8-9-24(22,23)11-13;/h2-5,12-13,16H,6-11H2,1H3,(H2,19,20,21);1H. The highest BCUT2D eigenvalue weighted by Crippen LogP contribution is 2.21. The maximum atomic E-state index is 11.6. The first kappa shape index (κ1) is 20.8. The molecule has 8 heteroatoms. The van der Waals surface area contributed by atoms with Crippen molar-refractivity contribution >= 4 is 51.4 Å². The summed E-state index contributed by atoms with van der Waals surface area (Å²) in [5.41, 5.74) is 1.13. The summed E-state index contributed by atoms with van der Waals surface area (Å²) in [5, 5.41) is 7.55. The summed E-state index contributed by atoms with van der Waals surface area (Å²) in [7, 11) is -2.85. The lowest BCUT2D eigenvalue weighted by molar-refractivity contribution is 0.587. The Morgan fingerprint density at radius 2 is 1.96 bits per heavy atom. The Kier molecular flexibility index (Phi) is 7.40. The second kappa shape index (κ2) is 8.90. The summed E-state index contributed by atoms with van der Waals surface area (Å²) in [6.07, 6.45) is 3.04. The van der Waals surface area contributed by atoms with E-state index in [1.165, 1.54) is 0 Å². The minimum Gasteiger partial charge on any atom is -0.354 e. The van der Waals surface area contributed by atoms with E-state index in [0.29, 0.717) is 18.3 Å². The van der Waals surface area contributed by atoms with Crippen molar-refractivity contribution in [3.05, 3.63) is 34.9 Å². The Morgan fingerprint density at radius 1 is 1.28 bits per heavy atom. The van der Waals surface area contributed by atoms with Gasteiger partial charge in [0.15, 0.2) is 15.8 Å². The number of aliphatic imine (C=N–C) groups is 1. The second-order valence-corrected chi connectivity index (χ2v) is 9.46. The van der Waals surface area contributed by atoms with Gasteiger partial charge in [-0.15, -0.1) is 24.0 Å². The van der Waals surface area contributed by atoms with Crippen LogP contribution in [0.1, 0.15) is 37.8 Å². The lowest BCUT2D eigenvalue weighted by Gasteiger charge is -2.19. The van der Waals surface area contributed by atoms with Crippen LogP contribution >= 0.6 is 35.6 Å². The number of hydrogen-bond donors (Lipinski definition) is 2. The van der Waals surface area contributed by atoms with Crippen LogP contribution in [0.5, 0.6) is 0 Å². The van der Waals surface area contributed by atoms with Gasteiger partial charge in [0.2, 0.25) is 0 Å². The van der Waals surface area contributed by atoms with Crippen molar-refractivity contribution in [1.82, 2.24) is 10.6 Å². The summed E-state index contributed by atoms with van der Waals surface area (Å²) < 4.78 is 23.1. The Bertz CT molecular complexity index is 705. The molecule has 1 aliphatic heterocycles. The van der Waals surface area contributed by atoms with E-state index < -0.39 is 9.84 Å². The zero-order valence-corrected chi connectivity index (χ0v) is 18.1. The smallest absolute Gasteiger partial charge is 0.191 e. The fourth-order valence-corrected chi connectivity index (χ4v) is 4.81. The van der Waals surface area contributed by atoms with Gasteiger partial charge in [0.25, 0.3) is 0 Å². The van der Waals surface area contributed by atoms with Crippen LogP contribution < -0.4 is 10.6 Å². The number of nitrogens with one attached hydrogen (secondary N) is 2. The maximum Gasteiger partial charge on any atom is 0.191 e. The molecule has 5 nitrogen and oxygen atoms in total. The Morgan fingerprint density at radius 3 is 2.52 bits per heavy atom. The minimum absolute atomic E-state index is 0. The molecule has 1 aromatic rings. The van der Waals surface area contributed by atoms with Crippen LogP contribution in [0.3, 0.4) is 0 Å². The van der Waals surface area contributed by atoms with Crippen molar-refractivity contribution in [2.45, 2.75) is 38.3 Å². The van der Waals surface area contributed by atoms with Crippen LogP contribution in [0.4, 0.5) is 0 Å². The molecule has 2 fully saturated rings. The van der Waals surface area contributed by atoms with Gasteiger partial charge in [0, 0.05) is 17.6 Å². The van der Waals surface area contributed by atoms with Gasteiger partial charge in [0.05, 0.1) is 17.5 Å². The molecule has 1 saturated heterocycles. The topological polar surface area (TPSA) is 70.6 Å². The molecule has 1 saturated carbocycles. The Balaban J connectivity index is 0.00000225. The minimum atomic E-state index is -2.85. The Hall–Kier alpha value is -0.540. The highest BCUT2D eigenvalue weighted by Gasteiger charge is 2.28. The first-order valence-corrected chi connectivity index (χ1v) is 10.6. The van der Waals surface area contributed by atoms with Gasteiger partial charge in [-0.1, -0.05) is 23.7 Å². The number of nitrogens with zero attached hydrogens (tertiary/aromatic N) is 1. The van der Waals surface area contributed by atoms with E-state index in [0.717, 1.165) is 35.8 Å². The highest BCUT2D eigenvalue weighted by atomic mass is 127. The third kappa shape index (κ3) is 6.60. The number of sulfone groups is 1. The summed E-state index contributed by atoms with van der Waals surface area (Å²) in [5.74, 6) is 1.47. The summed E-state index contributed by atoms with van der Waals surface area (Å²) in [4.78, 5) is 4.64. The van der Waals surface area contributed by atoms with Crippen molar-refractivity contribution in [2.75, 3.05) is 18.1 Å². The number of guanidine groups is 1. The van der Waals surface area contributed by atoms with Crippen molar-refractivity contribution in [3.63, 3.8) is 0 Å². The molecule has 0 bridgehead atoms. The molecule has 2 aliphatic rings. The van der Waals surface area contributed by atoms with Crippen molar-refractivity contribution in [3.8, 4) is 0 Å². The quantitative estimate of drug-likeness (QED) is 0.372. The molecule has 2 N–H and O–H groups in total. The summed E-state index contributed by atoms with van der Waals surface area (Å²) in [6, 6.07) is 8.34. The molecule has 2 atom stereocenters. The molecule has 0 radical (unpaired) electrons. The number of benzene rings is 1. The predicted molar refractivity (Wildman–Crippen MR) is 114 cm³/mol. The van der Waals surface area contributed by atoms with Gasteiger partial charge in [-0.25, -0.2) is 8.42 Å².